The van der Waals surface area contributed by atoms with Gasteiger partial charge in [-0.3, -0.25) is 0 Å². The normalized spacial score (nSPS) is 12.6. The molecule has 3 rings (SSSR count). The summed E-state index contributed by atoms with van der Waals surface area (Å²) in [5, 5.41) is 14.9. The molecule has 1 aromatic carbocycles. The Morgan fingerprint density at radius 1 is 1.12 bits per heavy atom. The molecule has 2 N–H and O–H groups in total. The van der Waals surface area contributed by atoms with Crippen molar-refractivity contribution < 1.29 is 18.3 Å². The molecule has 25 heavy (non-hydrogen) atoms. The van der Waals surface area contributed by atoms with Crippen molar-refractivity contribution in [2.24, 2.45) is 0 Å². The molecule has 0 bridgehead atoms. The monoisotopic (exact) mass is 367 g/mol. The van der Waals surface area contributed by atoms with Crippen molar-refractivity contribution in [3.05, 3.63) is 52.7 Å². The Hall–Kier alpha value is -2.19. The Morgan fingerprint density at radius 2 is 1.84 bits per heavy atom. The number of halogens is 3. The molecule has 0 aliphatic rings. The molecule has 0 spiro atoms. The first-order valence-electron chi connectivity index (χ1n) is 7.53. The van der Waals surface area contributed by atoms with E-state index in [1.54, 1.807) is 26.0 Å². The van der Waals surface area contributed by atoms with Crippen LogP contribution in [0.15, 0.2) is 35.7 Å². The summed E-state index contributed by atoms with van der Waals surface area (Å²) in [4.78, 5) is 8.62. The molecule has 3 aromatic rings. The highest BCUT2D eigenvalue weighted by atomic mass is 32.1. The minimum Gasteiger partial charge on any atom is -0.382 e. The highest BCUT2D eigenvalue weighted by Crippen LogP contribution is 2.33. The van der Waals surface area contributed by atoms with Crippen LogP contribution in [0.1, 0.15) is 30.8 Å². The maximum Gasteiger partial charge on any atom is 0.416 e. The number of alkyl halides is 3. The predicted octanol–water partition coefficient (Wildman–Crippen LogP) is 4.55. The van der Waals surface area contributed by atoms with Gasteiger partial charge in [0.05, 0.1) is 15.8 Å². The molecule has 0 atom stereocenters. The molecule has 0 radical (unpaired) electrons. The molecule has 0 saturated carbocycles. The fourth-order valence-electron chi connectivity index (χ4n) is 2.39. The summed E-state index contributed by atoms with van der Waals surface area (Å²) >= 11 is 1.39. The van der Waals surface area contributed by atoms with Gasteiger partial charge in [-0.25, -0.2) is 9.97 Å². The lowest BCUT2D eigenvalue weighted by Gasteiger charge is -2.18. The fourth-order valence-corrected chi connectivity index (χ4v) is 3.18. The largest absolute Gasteiger partial charge is 0.416 e. The van der Waals surface area contributed by atoms with Gasteiger partial charge in [-0.15, -0.1) is 11.3 Å². The molecule has 132 valence electrons. The Bertz CT molecular complexity index is 900. The van der Waals surface area contributed by atoms with Crippen LogP contribution in [0.4, 0.5) is 19.0 Å². The van der Waals surface area contributed by atoms with Gasteiger partial charge in [0.1, 0.15) is 11.4 Å². The predicted molar refractivity (Wildman–Crippen MR) is 91.4 cm³/mol. The van der Waals surface area contributed by atoms with Crippen molar-refractivity contribution in [1.29, 1.82) is 0 Å². The second kappa shape index (κ2) is 6.27. The van der Waals surface area contributed by atoms with E-state index in [0.29, 0.717) is 11.3 Å². The summed E-state index contributed by atoms with van der Waals surface area (Å²) in [6, 6.07) is 7.20. The minimum atomic E-state index is -4.42. The maximum atomic E-state index is 13.1. The average molecular weight is 367 g/mol. The van der Waals surface area contributed by atoms with E-state index < -0.39 is 17.3 Å². The Morgan fingerprint density at radius 3 is 2.52 bits per heavy atom. The van der Waals surface area contributed by atoms with Gasteiger partial charge in [-0.2, -0.15) is 13.2 Å². The first kappa shape index (κ1) is 17.6. The second-order valence-corrected chi connectivity index (χ2v) is 7.01. The smallest absolute Gasteiger partial charge is 0.382 e. The quantitative estimate of drug-likeness (QED) is 0.710. The van der Waals surface area contributed by atoms with Crippen molar-refractivity contribution in [2.45, 2.75) is 32.2 Å². The Labute approximate surface area is 146 Å². The van der Waals surface area contributed by atoms with E-state index in [1.165, 1.54) is 23.5 Å². The number of rotatable bonds is 4. The van der Waals surface area contributed by atoms with E-state index in [2.05, 4.69) is 15.3 Å². The third kappa shape index (κ3) is 3.74. The molecule has 4 nitrogen and oxygen atoms in total. The van der Waals surface area contributed by atoms with E-state index in [1.807, 2.05) is 5.38 Å². The molecule has 0 fully saturated rings. The van der Waals surface area contributed by atoms with Crippen LogP contribution in [-0.4, -0.2) is 15.1 Å². The van der Waals surface area contributed by atoms with E-state index in [9.17, 15) is 18.3 Å². The van der Waals surface area contributed by atoms with Crippen molar-refractivity contribution >= 4 is 27.4 Å². The topological polar surface area (TPSA) is 58.0 Å². The van der Waals surface area contributed by atoms with Crippen LogP contribution in [-0.2, 0) is 18.3 Å². The number of anilines is 1. The Balaban J connectivity index is 1.96. The summed E-state index contributed by atoms with van der Waals surface area (Å²) in [5.74, 6) is 0.624. The lowest BCUT2D eigenvalue weighted by atomic mass is 10.1. The highest BCUT2D eigenvalue weighted by molar-refractivity contribution is 7.17. The number of aromatic nitrogens is 2. The van der Waals surface area contributed by atoms with Crippen molar-refractivity contribution in [3.63, 3.8) is 0 Å². The molecule has 0 aliphatic heterocycles. The summed E-state index contributed by atoms with van der Waals surface area (Å²) in [5.41, 5.74) is -1.16. The summed E-state index contributed by atoms with van der Waals surface area (Å²) in [6.45, 7) is 3.08. The third-order valence-electron chi connectivity index (χ3n) is 3.62. The number of benzene rings is 1. The van der Waals surface area contributed by atoms with Gasteiger partial charge in [0, 0.05) is 6.54 Å². The number of fused-ring (bicyclic) bond motifs is 1. The number of nitrogens with zero attached hydrogens (tertiary/aromatic N) is 2. The van der Waals surface area contributed by atoms with E-state index in [0.717, 1.165) is 10.8 Å². The standard InChI is InChI=1S/C17H16F3N3OS/c1-16(2,24)15-22-12-7-8-25-13(12)14(23-15)21-9-10-5-3-4-6-11(10)17(18,19)20/h3-8,24H,9H2,1-2H3,(H,21,22,23). The lowest BCUT2D eigenvalue weighted by molar-refractivity contribution is -0.138. The van der Waals surface area contributed by atoms with Crippen molar-refractivity contribution in [3.8, 4) is 0 Å². The Kier molecular flexibility index (Phi) is 4.42. The number of nitrogens with one attached hydrogen (secondary N) is 1. The van der Waals surface area contributed by atoms with Crippen LogP contribution in [0.3, 0.4) is 0 Å². The van der Waals surface area contributed by atoms with Gasteiger partial charge in [0.15, 0.2) is 5.82 Å². The fraction of sp³-hybridized carbons (Fsp3) is 0.294. The third-order valence-corrected chi connectivity index (χ3v) is 4.53. The molecule has 0 amide bonds. The van der Waals surface area contributed by atoms with Crippen LogP contribution in [0, 0.1) is 0 Å². The molecule has 0 unspecified atom stereocenters. The summed E-state index contributed by atoms with van der Waals surface area (Å²) in [7, 11) is 0. The molecule has 2 aromatic heterocycles. The summed E-state index contributed by atoms with van der Waals surface area (Å²) < 4.78 is 40.1. The second-order valence-electron chi connectivity index (χ2n) is 6.10. The van der Waals surface area contributed by atoms with Crippen LogP contribution in [0.2, 0.25) is 0 Å². The average Bonchev–Trinajstić information content (AvgIpc) is 2.99. The highest BCUT2D eigenvalue weighted by Gasteiger charge is 2.32. The van der Waals surface area contributed by atoms with Crippen LogP contribution < -0.4 is 5.32 Å². The van der Waals surface area contributed by atoms with Crippen LogP contribution >= 0.6 is 11.3 Å². The van der Waals surface area contributed by atoms with E-state index in [4.69, 9.17) is 0 Å². The molecule has 0 saturated heterocycles. The number of thiophene rings is 1. The van der Waals surface area contributed by atoms with Gasteiger partial charge in [0.25, 0.3) is 0 Å². The summed E-state index contributed by atoms with van der Waals surface area (Å²) in [6.07, 6.45) is -4.42. The first-order valence-corrected chi connectivity index (χ1v) is 8.41. The molecule has 0 aliphatic carbocycles. The molecule has 2 heterocycles. The first-order chi connectivity index (χ1) is 11.7. The van der Waals surface area contributed by atoms with Gasteiger partial charge in [0.2, 0.25) is 0 Å². The zero-order valence-electron chi connectivity index (χ0n) is 13.6. The van der Waals surface area contributed by atoms with Crippen molar-refractivity contribution in [1.82, 2.24) is 9.97 Å². The number of hydrogen-bond acceptors (Lipinski definition) is 5. The van der Waals surface area contributed by atoms with Gasteiger partial charge >= 0.3 is 6.18 Å². The minimum absolute atomic E-state index is 0.0367. The van der Waals surface area contributed by atoms with Gasteiger partial charge in [-0.1, -0.05) is 18.2 Å². The molecular weight excluding hydrogens is 351 g/mol. The maximum absolute atomic E-state index is 13.1. The van der Waals surface area contributed by atoms with Crippen molar-refractivity contribution in [2.75, 3.05) is 5.32 Å². The lowest BCUT2D eigenvalue weighted by Crippen LogP contribution is -2.20. The van der Waals surface area contributed by atoms with Crippen LogP contribution in [0.25, 0.3) is 10.2 Å². The zero-order chi connectivity index (χ0) is 18.2. The SMILES string of the molecule is CC(C)(O)c1nc(NCc2ccccc2C(F)(F)F)c2sccc2n1. The molecular formula is C17H16F3N3OS. The van der Waals surface area contributed by atoms with E-state index in [-0.39, 0.29) is 17.9 Å². The van der Waals surface area contributed by atoms with Gasteiger partial charge in [-0.05, 0) is 36.9 Å². The van der Waals surface area contributed by atoms with E-state index >= 15 is 0 Å². The van der Waals surface area contributed by atoms with Gasteiger partial charge < -0.3 is 10.4 Å². The van der Waals surface area contributed by atoms with Crippen LogP contribution in [0.5, 0.6) is 0 Å². The number of aliphatic hydroxyl groups is 1. The number of hydrogen-bond donors (Lipinski definition) is 2. The zero-order valence-corrected chi connectivity index (χ0v) is 14.4. The molecule has 8 heteroatoms.